The minimum absolute atomic E-state index is 0.280. The molecule has 35 heavy (non-hydrogen) atoms. The molecule has 0 aliphatic rings. The largest absolute Gasteiger partial charge is 0.335 e. The molecule has 4 aromatic heterocycles. The molecule has 2 N–H and O–H groups in total. The summed E-state index contributed by atoms with van der Waals surface area (Å²) < 4.78 is 13.4. The van der Waals surface area contributed by atoms with Gasteiger partial charge >= 0.3 is 0 Å². The maximum Gasteiger partial charge on any atom is 0.159 e. The topological polar surface area (TPSA) is 86.4 Å². The molecule has 4 heterocycles. The lowest BCUT2D eigenvalue weighted by Crippen LogP contribution is -2.10. The van der Waals surface area contributed by atoms with Crippen LogP contribution >= 0.6 is 0 Å². The van der Waals surface area contributed by atoms with E-state index in [4.69, 9.17) is 4.98 Å². The highest BCUT2D eigenvalue weighted by atomic mass is 19.1. The summed E-state index contributed by atoms with van der Waals surface area (Å²) in [5.74, 6) is 0.358. The van der Waals surface area contributed by atoms with E-state index in [1.165, 1.54) is 12.1 Å². The molecule has 172 valence electrons. The number of rotatable bonds is 5. The van der Waals surface area contributed by atoms with Gasteiger partial charge < -0.3 is 9.88 Å². The van der Waals surface area contributed by atoms with Crippen LogP contribution in [0.15, 0.2) is 73.3 Å². The van der Waals surface area contributed by atoms with Crippen LogP contribution in [0.25, 0.3) is 55.7 Å². The number of halogens is 1. The zero-order valence-electron chi connectivity index (χ0n) is 19.2. The van der Waals surface area contributed by atoms with Crippen molar-refractivity contribution < 1.29 is 4.39 Å². The molecule has 8 heteroatoms. The van der Waals surface area contributed by atoms with Gasteiger partial charge in [-0.3, -0.25) is 15.1 Å². The van der Waals surface area contributed by atoms with Crippen LogP contribution in [0.3, 0.4) is 0 Å². The van der Waals surface area contributed by atoms with E-state index >= 15 is 0 Å². The first-order valence-electron chi connectivity index (χ1n) is 11.2. The van der Waals surface area contributed by atoms with E-state index in [9.17, 15) is 4.39 Å². The Balaban J connectivity index is 1.44. The summed E-state index contributed by atoms with van der Waals surface area (Å²) in [5.41, 5.74) is 8.11. The van der Waals surface area contributed by atoms with Crippen molar-refractivity contribution in [1.82, 2.24) is 35.0 Å². The molecule has 0 spiro atoms. The van der Waals surface area contributed by atoms with Crippen molar-refractivity contribution in [1.29, 1.82) is 0 Å². The normalized spacial score (nSPS) is 11.7. The molecule has 0 aliphatic heterocycles. The van der Waals surface area contributed by atoms with Crippen LogP contribution in [0.4, 0.5) is 4.39 Å². The molecule has 0 saturated heterocycles. The third kappa shape index (κ3) is 3.94. The zero-order chi connectivity index (χ0) is 23.9. The van der Waals surface area contributed by atoms with Gasteiger partial charge in [0.05, 0.1) is 22.7 Å². The Morgan fingerprint density at radius 3 is 2.46 bits per heavy atom. The number of H-pyrrole nitrogens is 2. The Bertz CT molecular complexity index is 1670. The molecule has 2 aromatic carbocycles. The van der Waals surface area contributed by atoms with Gasteiger partial charge in [-0.25, -0.2) is 9.37 Å². The Hall–Kier alpha value is -4.43. The fourth-order valence-corrected chi connectivity index (χ4v) is 4.36. The molecular weight excluding hydrogens is 441 g/mol. The monoisotopic (exact) mass is 463 g/mol. The van der Waals surface area contributed by atoms with Crippen molar-refractivity contribution in [3.05, 3.63) is 84.7 Å². The van der Waals surface area contributed by atoms with Gasteiger partial charge in [0.1, 0.15) is 11.5 Å². The second-order valence-corrected chi connectivity index (χ2v) is 8.83. The van der Waals surface area contributed by atoms with Gasteiger partial charge in [-0.15, -0.1) is 0 Å². The van der Waals surface area contributed by atoms with E-state index < -0.39 is 0 Å². The van der Waals surface area contributed by atoms with Gasteiger partial charge in [-0.05, 0) is 61.1 Å². The summed E-state index contributed by atoms with van der Waals surface area (Å²) in [6.45, 7) is 0.823. The van der Waals surface area contributed by atoms with Crippen molar-refractivity contribution >= 4 is 21.9 Å². The summed E-state index contributed by atoms with van der Waals surface area (Å²) >= 11 is 0. The predicted octanol–water partition coefficient (Wildman–Crippen LogP) is 5.43. The molecule has 6 rings (SSSR count). The summed E-state index contributed by atoms with van der Waals surface area (Å²) in [6, 6.07) is 14.7. The van der Waals surface area contributed by atoms with Gasteiger partial charge in [0.25, 0.3) is 0 Å². The highest BCUT2D eigenvalue weighted by molar-refractivity contribution is 5.98. The number of aromatic nitrogens is 6. The summed E-state index contributed by atoms with van der Waals surface area (Å²) in [5, 5.41) is 8.62. The fourth-order valence-electron chi connectivity index (χ4n) is 4.36. The Morgan fingerprint density at radius 2 is 1.63 bits per heavy atom. The highest BCUT2D eigenvalue weighted by Crippen LogP contribution is 2.33. The third-order valence-electron chi connectivity index (χ3n) is 5.96. The second-order valence-electron chi connectivity index (χ2n) is 8.83. The number of benzene rings is 2. The fraction of sp³-hybridized carbons (Fsp3) is 0.111. The number of pyridine rings is 2. The summed E-state index contributed by atoms with van der Waals surface area (Å²) in [6.07, 6.45) is 7.25. The van der Waals surface area contributed by atoms with E-state index in [1.807, 2.05) is 32.6 Å². The Morgan fingerprint density at radius 1 is 0.829 bits per heavy atom. The number of aromatic amines is 2. The van der Waals surface area contributed by atoms with Crippen molar-refractivity contribution in [3.8, 4) is 33.8 Å². The first-order valence-corrected chi connectivity index (χ1v) is 11.2. The van der Waals surface area contributed by atoms with Crippen molar-refractivity contribution in [2.75, 3.05) is 14.1 Å². The minimum Gasteiger partial charge on any atom is -0.335 e. The quantitative estimate of drug-likeness (QED) is 0.356. The lowest BCUT2D eigenvalue weighted by Gasteiger charge is -2.10. The van der Waals surface area contributed by atoms with Crippen LogP contribution in [0.5, 0.6) is 0 Å². The zero-order valence-corrected chi connectivity index (χ0v) is 19.2. The van der Waals surface area contributed by atoms with Crippen molar-refractivity contribution in [2.24, 2.45) is 0 Å². The number of imidazole rings is 1. The van der Waals surface area contributed by atoms with E-state index in [-0.39, 0.29) is 5.82 Å². The molecule has 0 aliphatic carbocycles. The van der Waals surface area contributed by atoms with Crippen LogP contribution in [-0.2, 0) is 6.54 Å². The lowest BCUT2D eigenvalue weighted by molar-refractivity contribution is 0.402. The first-order chi connectivity index (χ1) is 17.0. The van der Waals surface area contributed by atoms with E-state index in [1.54, 1.807) is 24.5 Å². The Labute approximate surface area is 200 Å². The number of hydrogen-bond acceptors (Lipinski definition) is 5. The van der Waals surface area contributed by atoms with Crippen LogP contribution in [0.1, 0.15) is 5.56 Å². The maximum absolute atomic E-state index is 13.4. The smallest absolute Gasteiger partial charge is 0.159 e. The van der Waals surface area contributed by atoms with E-state index in [0.717, 1.165) is 62.0 Å². The number of fused-ring (bicyclic) bond motifs is 2. The molecule has 0 atom stereocenters. The van der Waals surface area contributed by atoms with Gasteiger partial charge in [0, 0.05) is 41.6 Å². The van der Waals surface area contributed by atoms with E-state index in [2.05, 4.69) is 48.2 Å². The first kappa shape index (κ1) is 21.1. The van der Waals surface area contributed by atoms with Gasteiger partial charge in [-0.2, -0.15) is 5.10 Å². The van der Waals surface area contributed by atoms with Crippen LogP contribution in [0.2, 0.25) is 0 Å². The van der Waals surface area contributed by atoms with Gasteiger partial charge in [0.15, 0.2) is 5.82 Å². The molecule has 6 aromatic rings. The molecule has 0 radical (unpaired) electrons. The van der Waals surface area contributed by atoms with Crippen LogP contribution in [0, 0.1) is 5.82 Å². The van der Waals surface area contributed by atoms with Crippen LogP contribution in [-0.4, -0.2) is 49.1 Å². The number of nitrogens with zero attached hydrogens (tertiary/aromatic N) is 5. The second kappa shape index (κ2) is 8.41. The molecule has 0 amide bonds. The average Bonchev–Trinajstić information content (AvgIpc) is 3.48. The number of hydrogen-bond donors (Lipinski definition) is 2. The SMILES string of the molecule is CN(C)Cc1cncc(-c2ccc3[nH]nc(-c4nc5c(-c6ccc(F)cc6)cncc5[nH]4)c3c2)c1. The summed E-state index contributed by atoms with van der Waals surface area (Å²) in [7, 11) is 4.08. The average molecular weight is 464 g/mol. The van der Waals surface area contributed by atoms with E-state index in [0.29, 0.717) is 5.82 Å². The lowest BCUT2D eigenvalue weighted by atomic mass is 10.0. The standard InChI is InChI=1S/C27H22FN7/c1-35(2)15-16-9-19(12-29-11-16)18-5-8-23-21(10-18)26(34-33-23)27-31-24-14-30-13-22(25(24)32-27)17-3-6-20(28)7-4-17/h3-14H,15H2,1-2H3,(H,31,32)(H,33,34). The minimum atomic E-state index is -0.280. The predicted molar refractivity (Wildman–Crippen MR) is 135 cm³/mol. The highest BCUT2D eigenvalue weighted by Gasteiger charge is 2.16. The van der Waals surface area contributed by atoms with Gasteiger partial charge in [-0.1, -0.05) is 18.2 Å². The van der Waals surface area contributed by atoms with Crippen molar-refractivity contribution in [3.63, 3.8) is 0 Å². The maximum atomic E-state index is 13.4. The molecule has 7 nitrogen and oxygen atoms in total. The number of nitrogens with one attached hydrogen (secondary N) is 2. The van der Waals surface area contributed by atoms with Crippen molar-refractivity contribution in [2.45, 2.75) is 6.54 Å². The molecular formula is C27H22FN7. The molecule has 0 fully saturated rings. The third-order valence-corrected chi connectivity index (χ3v) is 5.96. The molecule has 0 bridgehead atoms. The van der Waals surface area contributed by atoms with Crippen LogP contribution < -0.4 is 0 Å². The summed E-state index contributed by atoms with van der Waals surface area (Å²) in [4.78, 5) is 19.1. The molecule has 0 unspecified atom stereocenters. The molecule has 0 saturated carbocycles. The van der Waals surface area contributed by atoms with Gasteiger partial charge in [0.2, 0.25) is 0 Å². The Kier molecular flexibility index (Phi) is 5.08.